The van der Waals surface area contributed by atoms with Crippen molar-refractivity contribution in [2.75, 3.05) is 12.3 Å². The van der Waals surface area contributed by atoms with Gasteiger partial charge in [-0.25, -0.2) is 4.98 Å². The lowest BCUT2D eigenvalue weighted by Crippen LogP contribution is -2.23. The van der Waals surface area contributed by atoms with Gasteiger partial charge in [0.25, 0.3) is 5.56 Å². The monoisotopic (exact) mass is 299 g/mol. The lowest BCUT2D eigenvalue weighted by Gasteiger charge is -2.17. The Morgan fingerprint density at radius 2 is 2.10 bits per heavy atom. The average molecular weight is 299 g/mol. The van der Waals surface area contributed by atoms with Gasteiger partial charge < -0.3 is 15.5 Å². The molecule has 0 radical (unpaired) electrons. The molecule has 0 saturated carbocycles. The van der Waals surface area contributed by atoms with Crippen molar-refractivity contribution in [1.29, 1.82) is 0 Å². The lowest BCUT2D eigenvalue weighted by molar-refractivity contribution is -0.142. The fraction of sp³-hybridized carbons (Fsp3) is 0.615. The number of esters is 1. The molecule has 0 bridgehead atoms. The van der Waals surface area contributed by atoms with E-state index < -0.39 is 5.97 Å². The molecule has 0 fully saturated rings. The highest BCUT2D eigenvalue weighted by atomic mass is 32.2. The van der Waals surface area contributed by atoms with E-state index in [2.05, 4.69) is 30.7 Å². The number of H-pyrrole nitrogens is 1. The Hall–Kier alpha value is -1.50. The van der Waals surface area contributed by atoms with Crippen molar-refractivity contribution >= 4 is 23.5 Å². The number of nitrogens with two attached hydrogens (primary N) is 1. The summed E-state index contributed by atoms with van der Waals surface area (Å²) < 4.78 is 4.87. The van der Waals surface area contributed by atoms with Crippen LogP contribution in [0.5, 0.6) is 0 Å². The summed E-state index contributed by atoms with van der Waals surface area (Å²) >= 11 is 1.65. The Kier molecular flexibility index (Phi) is 5.62. The first-order valence-corrected chi connectivity index (χ1v) is 7.38. The molecular formula is C13H21N3O3S. The molecule has 0 saturated heterocycles. The molecule has 112 valence electrons. The second kappa shape index (κ2) is 6.78. The van der Waals surface area contributed by atoms with Crippen LogP contribution in [0.4, 0.5) is 5.82 Å². The number of hydrogen-bond acceptors (Lipinski definition) is 6. The fourth-order valence-electron chi connectivity index (χ4n) is 1.44. The first-order valence-electron chi connectivity index (χ1n) is 6.40. The van der Waals surface area contributed by atoms with Crippen molar-refractivity contribution < 1.29 is 9.53 Å². The third-order valence-corrected chi connectivity index (χ3v) is 3.65. The van der Waals surface area contributed by atoms with Crippen molar-refractivity contribution in [2.24, 2.45) is 0 Å². The summed E-state index contributed by atoms with van der Waals surface area (Å²) in [6.45, 7) is 8.21. The topological polar surface area (TPSA) is 98.1 Å². The molecule has 6 nitrogen and oxygen atoms in total. The first kappa shape index (κ1) is 16.6. The number of carbonyl (C=O) groups excluding carboxylic acids is 1. The van der Waals surface area contributed by atoms with Crippen LogP contribution in [0.2, 0.25) is 0 Å². The maximum atomic E-state index is 11.9. The summed E-state index contributed by atoms with van der Waals surface area (Å²) in [5.41, 5.74) is 5.54. The van der Waals surface area contributed by atoms with E-state index in [1.165, 1.54) is 0 Å². The molecule has 20 heavy (non-hydrogen) atoms. The maximum absolute atomic E-state index is 11.9. The number of aromatic nitrogens is 2. The molecule has 1 aromatic heterocycles. The molecule has 0 unspecified atom stereocenters. The van der Waals surface area contributed by atoms with Gasteiger partial charge in [-0.1, -0.05) is 20.8 Å². The van der Waals surface area contributed by atoms with E-state index in [1.807, 2.05) is 0 Å². The smallest absolute Gasteiger partial charge is 0.310 e. The van der Waals surface area contributed by atoms with Crippen LogP contribution < -0.4 is 11.3 Å². The fourth-order valence-corrected chi connectivity index (χ4v) is 2.15. The van der Waals surface area contributed by atoms with Crippen LogP contribution in [-0.4, -0.2) is 27.3 Å². The summed E-state index contributed by atoms with van der Waals surface area (Å²) in [4.78, 5) is 30.1. The van der Waals surface area contributed by atoms with E-state index in [0.717, 1.165) is 0 Å². The molecule has 3 N–H and O–H groups in total. The van der Waals surface area contributed by atoms with Gasteiger partial charge in [-0.15, -0.1) is 11.8 Å². The SMILES string of the molecule is CCOC(=O)Cc1c(N)nc(CSC(C)(C)C)[nH]c1=O. The van der Waals surface area contributed by atoms with Crippen LogP contribution in [0.3, 0.4) is 0 Å². The molecule has 0 aromatic carbocycles. The highest BCUT2D eigenvalue weighted by Crippen LogP contribution is 2.25. The Balaban J connectivity index is 2.86. The van der Waals surface area contributed by atoms with Crippen LogP contribution in [-0.2, 0) is 21.7 Å². The molecule has 0 aliphatic rings. The van der Waals surface area contributed by atoms with Crippen LogP contribution in [0.25, 0.3) is 0 Å². The minimum atomic E-state index is -0.483. The van der Waals surface area contributed by atoms with E-state index in [4.69, 9.17) is 10.5 Å². The van der Waals surface area contributed by atoms with Crippen LogP contribution in [0.15, 0.2) is 4.79 Å². The number of anilines is 1. The number of nitrogens with zero attached hydrogens (tertiary/aromatic N) is 1. The molecule has 1 rings (SSSR count). The molecule has 7 heteroatoms. The van der Waals surface area contributed by atoms with Gasteiger partial charge in [-0.2, -0.15) is 0 Å². The van der Waals surface area contributed by atoms with Gasteiger partial charge in [-0.3, -0.25) is 9.59 Å². The molecule has 1 aromatic rings. The number of aromatic amines is 1. The predicted molar refractivity (Wildman–Crippen MR) is 80.7 cm³/mol. The van der Waals surface area contributed by atoms with Crippen LogP contribution in [0, 0.1) is 0 Å². The van der Waals surface area contributed by atoms with Crippen molar-refractivity contribution in [1.82, 2.24) is 9.97 Å². The summed E-state index contributed by atoms with van der Waals surface area (Å²) in [5, 5.41) is 0. The number of hydrogen-bond donors (Lipinski definition) is 2. The zero-order valence-corrected chi connectivity index (χ0v) is 13.1. The van der Waals surface area contributed by atoms with E-state index in [1.54, 1.807) is 18.7 Å². The van der Waals surface area contributed by atoms with Gasteiger partial charge in [0.2, 0.25) is 0 Å². The number of thioether (sulfide) groups is 1. The van der Waals surface area contributed by atoms with Crippen molar-refractivity contribution in [3.8, 4) is 0 Å². The van der Waals surface area contributed by atoms with E-state index in [9.17, 15) is 9.59 Å². The zero-order chi connectivity index (χ0) is 15.3. The Bertz CT molecular complexity index is 535. The highest BCUT2D eigenvalue weighted by molar-refractivity contribution is 7.99. The molecule has 0 spiro atoms. The van der Waals surface area contributed by atoms with Gasteiger partial charge in [0.05, 0.1) is 24.3 Å². The van der Waals surface area contributed by atoms with Crippen molar-refractivity contribution in [2.45, 2.75) is 44.6 Å². The molecular weight excluding hydrogens is 278 g/mol. The minimum Gasteiger partial charge on any atom is -0.466 e. The largest absolute Gasteiger partial charge is 0.466 e. The van der Waals surface area contributed by atoms with Gasteiger partial charge in [0.15, 0.2) is 0 Å². The van der Waals surface area contributed by atoms with Gasteiger partial charge in [0, 0.05) is 4.75 Å². The molecule has 0 atom stereocenters. The van der Waals surface area contributed by atoms with Gasteiger partial charge in [-0.05, 0) is 6.92 Å². The minimum absolute atomic E-state index is 0.0664. The third kappa shape index (κ3) is 5.24. The van der Waals surface area contributed by atoms with Gasteiger partial charge in [0.1, 0.15) is 11.6 Å². The van der Waals surface area contributed by atoms with Crippen LogP contribution >= 0.6 is 11.8 Å². The Morgan fingerprint density at radius 1 is 1.45 bits per heavy atom. The second-order valence-corrected chi connectivity index (χ2v) is 7.06. The average Bonchev–Trinajstić information content (AvgIpc) is 2.31. The summed E-state index contributed by atoms with van der Waals surface area (Å²) in [5.74, 6) is 0.678. The molecule has 0 aliphatic heterocycles. The van der Waals surface area contributed by atoms with E-state index in [-0.39, 0.29) is 34.7 Å². The van der Waals surface area contributed by atoms with Crippen molar-refractivity contribution in [3.63, 3.8) is 0 Å². The summed E-state index contributed by atoms with van der Waals surface area (Å²) in [6.07, 6.45) is -0.158. The number of carbonyl (C=O) groups is 1. The third-order valence-electron chi connectivity index (χ3n) is 2.36. The number of nitrogen functional groups attached to an aromatic ring is 1. The maximum Gasteiger partial charge on any atom is 0.310 e. The van der Waals surface area contributed by atoms with Gasteiger partial charge >= 0.3 is 5.97 Å². The Labute approximate surface area is 122 Å². The first-order chi connectivity index (χ1) is 9.23. The normalized spacial score (nSPS) is 11.4. The van der Waals surface area contributed by atoms with E-state index >= 15 is 0 Å². The Morgan fingerprint density at radius 3 is 2.60 bits per heavy atom. The van der Waals surface area contributed by atoms with Crippen molar-refractivity contribution in [3.05, 3.63) is 21.7 Å². The molecule has 0 amide bonds. The number of nitrogens with one attached hydrogen (secondary N) is 1. The van der Waals surface area contributed by atoms with E-state index in [0.29, 0.717) is 11.6 Å². The summed E-state index contributed by atoms with van der Waals surface area (Å²) in [6, 6.07) is 0. The quantitative estimate of drug-likeness (QED) is 0.799. The zero-order valence-electron chi connectivity index (χ0n) is 12.3. The predicted octanol–water partition coefficient (Wildman–Crippen LogP) is 1.49. The lowest BCUT2D eigenvalue weighted by atomic mass is 10.2. The second-order valence-electron chi connectivity index (χ2n) is 5.26. The highest BCUT2D eigenvalue weighted by Gasteiger charge is 2.16. The number of ether oxygens (including phenoxy) is 1. The summed E-state index contributed by atoms with van der Waals surface area (Å²) in [7, 11) is 0. The number of rotatable bonds is 5. The molecule has 0 aliphatic carbocycles. The molecule has 1 heterocycles. The van der Waals surface area contributed by atoms with Crippen LogP contribution in [0.1, 0.15) is 39.1 Å². The standard InChI is InChI=1S/C13H21N3O3S/c1-5-19-10(17)6-8-11(14)15-9(16-12(8)18)7-20-13(2,3)4/h5-7H2,1-4H3,(H3,14,15,16,18).